The number of ether oxygens (including phenoxy) is 1. The van der Waals surface area contributed by atoms with Gasteiger partial charge in [0.2, 0.25) is 5.91 Å². The second kappa shape index (κ2) is 6.43. The Hall–Kier alpha value is -1.63. The van der Waals surface area contributed by atoms with Crippen LogP contribution in [0.25, 0.3) is 0 Å². The Morgan fingerprint density at radius 3 is 2.52 bits per heavy atom. The Morgan fingerprint density at radius 2 is 2.00 bits per heavy atom. The second-order valence-electron chi connectivity index (χ2n) is 6.04. The van der Waals surface area contributed by atoms with Gasteiger partial charge in [0, 0.05) is 17.3 Å². The van der Waals surface area contributed by atoms with Crippen LogP contribution in [0.2, 0.25) is 0 Å². The van der Waals surface area contributed by atoms with E-state index in [4.69, 9.17) is 10.5 Å². The summed E-state index contributed by atoms with van der Waals surface area (Å²) in [5.74, 6) is -0.686. The van der Waals surface area contributed by atoms with Crippen molar-refractivity contribution in [3.05, 3.63) is 11.1 Å². The largest absolute Gasteiger partial charge is 0.465 e. The molecule has 0 aliphatic carbocycles. The van der Waals surface area contributed by atoms with Crippen molar-refractivity contribution in [2.24, 2.45) is 5.73 Å². The Morgan fingerprint density at radius 1 is 1.38 bits per heavy atom. The van der Waals surface area contributed by atoms with E-state index >= 15 is 0 Å². The number of nitrogens with two attached hydrogens (primary N) is 1. The number of hydrogen-bond acceptors (Lipinski definition) is 6. The van der Waals surface area contributed by atoms with Crippen molar-refractivity contribution in [3.63, 3.8) is 0 Å². The van der Waals surface area contributed by atoms with E-state index in [1.807, 2.05) is 19.2 Å². The van der Waals surface area contributed by atoms with Crippen LogP contribution in [-0.2, 0) is 19.7 Å². The van der Waals surface area contributed by atoms with Crippen molar-refractivity contribution >= 4 is 28.3 Å². The van der Waals surface area contributed by atoms with E-state index in [9.17, 15) is 9.59 Å². The van der Waals surface area contributed by atoms with Crippen molar-refractivity contribution in [1.82, 2.24) is 4.98 Å². The molecule has 7 heteroatoms. The molecule has 1 heterocycles. The van der Waals surface area contributed by atoms with Crippen LogP contribution in [-0.4, -0.2) is 29.0 Å². The van der Waals surface area contributed by atoms with Crippen LogP contribution in [0.1, 0.15) is 46.7 Å². The number of amides is 1. The van der Waals surface area contributed by atoms with Crippen LogP contribution in [0.5, 0.6) is 0 Å². The number of nitrogens with zero attached hydrogens (tertiary/aromatic N) is 1. The molecule has 1 rings (SSSR count). The van der Waals surface area contributed by atoms with Gasteiger partial charge < -0.3 is 15.8 Å². The lowest BCUT2D eigenvalue weighted by molar-refractivity contribution is -0.148. The lowest BCUT2D eigenvalue weighted by atomic mass is 9.90. The van der Waals surface area contributed by atoms with Gasteiger partial charge in [0.25, 0.3) is 0 Å². The first-order valence-corrected chi connectivity index (χ1v) is 7.66. The summed E-state index contributed by atoms with van der Waals surface area (Å²) in [6, 6.07) is 0. The third kappa shape index (κ3) is 4.70. The fraction of sp³-hybridized carbons (Fsp3) is 0.643. The summed E-state index contributed by atoms with van der Waals surface area (Å²) >= 11 is 1.38. The molecule has 1 amide bonds. The summed E-state index contributed by atoms with van der Waals surface area (Å²) in [4.78, 5) is 27.4. The number of rotatable bonds is 7. The molecule has 118 valence electrons. The molecule has 0 fully saturated rings. The molecule has 0 bridgehead atoms. The van der Waals surface area contributed by atoms with Crippen molar-refractivity contribution in [1.29, 1.82) is 0 Å². The molecule has 0 aromatic carbocycles. The molecule has 0 aliphatic heterocycles. The quantitative estimate of drug-likeness (QED) is 0.751. The molecule has 1 aromatic heterocycles. The van der Waals surface area contributed by atoms with E-state index < -0.39 is 11.0 Å². The molecular weight excluding hydrogens is 290 g/mol. The van der Waals surface area contributed by atoms with Crippen LogP contribution in [0.4, 0.5) is 5.13 Å². The Bertz CT molecular complexity index is 523. The number of primary amides is 1. The molecule has 0 saturated heterocycles. The summed E-state index contributed by atoms with van der Waals surface area (Å²) in [6.45, 7) is 9.40. The van der Waals surface area contributed by atoms with E-state index in [0.29, 0.717) is 17.4 Å². The van der Waals surface area contributed by atoms with Gasteiger partial charge in [-0.05, 0) is 34.6 Å². The Balaban J connectivity index is 2.86. The number of carbonyl (C=O) groups excluding carboxylic acids is 2. The molecule has 0 radical (unpaired) electrons. The van der Waals surface area contributed by atoms with Gasteiger partial charge in [-0.15, -0.1) is 11.3 Å². The minimum Gasteiger partial charge on any atom is -0.465 e. The average Bonchev–Trinajstić information content (AvgIpc) is 2.75. The van der Waals surface area contributed by atoms with Gasteiger partial charge in [-0.1, -0.05) is 0 Å². The zero-order valence-corrected chi connectivity index (χ0v) is 14.0. The molecule has 6 nitrogen and oxygen atoms in total. The monoisotopic (exact) mass is 313 g/mol. The topological polar surface area (TPSA) is 94.3 Å². The normalized spacial score (nSPS) is 12.0. The van der Waals surface area contributed by atoms with E-state index in [2.05, 4.69) is 10.3 Å². The first-order valence-electron chi connectivity index (χ1n) is 6.78. The number of aromatic nitrogens is 1. The summed E-state index contributed by atoms with van der Waals surface area (Å²) in [5, 5.41) is 5.63. The number of thiazole rings is 1. The van der Waals surface area contributed by atoms with Gasteiger partial charge in [0.1, 0.15) is 5.41 Å². The van der Waals surface area contributed by atoms with Gasteiger partial charge >= 0.3 is 5.97 Å². The first kappa shape index (κ1) is 17.4. The van der Waals surface area contributed by atoms with E-state index in [-0.39, 0.29) is 18.3 Å². The summed E-state index contributed by atoms with van der Waals surface area (Å²) in [7, 11) is 0. The first-order chi connectivity index (χ1) is 9.58. The van der Waals surface area contributed by atoms with Crippen LogP contribution in [0.15, 0.2) is 5.38 Å². The molecule has 0 atom stereocenters. The van der Waals surface area contributed by atoms with Crippen LogP contribution in [0, 0.1) is 0 Å². The molecule has 0 unspecified atom stereocenters. The lowest BCUT2D eigenvalue weighted by Gasteiger charge is -2.24. The second-order valence-corrected chi connectivity index (χ2v) is 6.89. The maximum absolute atomic E-state index is 12.0. The highest BCUT2D eigenvalue weighted by molar-refractivity contribution is 7.13. The number of esters is 1. The predicted molar refractivity (Wildman–Crippen MR) is 83.3 cm³/mol. The number of hydrogen-bond donors (Lipinski definition) is 2. The van der Waals surface area contributed by atoms with E-state index in [1.165, 1.54) is 11.3 Å². The zero-order chi connectivity index (χ0) is 16.3. The number of nitrogens with one attached hydrogen (secondary N) is 1. The third-order valence-electron chi connectivity index (χ3n) is 2.99. The molecule has 1 aromatic rings. The Kier molecular flexibility index (Phi) is 5.33. The SMILES string of the molecule is CCOC(=O)C(C)(C)c1csc(NC(C)(C)CC(N)=O)n1. The molecular formula is C14H23N3O3S. The highest BCUT2D eigenvalue weighted by atomic mass is 32.1. The molecule has 0 spiro atoms. The van der Waals surface area contributed by atoms with E-state index in [1.54, 1.807) is 20.8 Å². The number of anilines is 1. The van der Waals surface area contributed by atoms with Gasteiger partial charge in [-0.2, -0.15) is 0 Å². The van der Waals surface area contributed by atoms with Crippen LogP contribution >= 0.6 is 11.3 Å². The highest BCUT2D eigenvalue weighted by Gasteiger charge is 2.34. The van der Waals surface area contributed by atoms with Crippen molar-refractivity contribution in [3.8, 4) is 0 Å². The molecule has 3 N–H and O–H groups in total. The smallest absolute Gasteiger partial charge is 0.317 e. The third-order valence-corrected chi connectivity index (χ3v) is 3.75. The van der Waals surface area contributed by atoms with Crippen molar-refractivity contribution in [2.75, 3.05) is 11.9 Å². The standard InChI is InChI=1S/C14H23N3O3S/c1-6-20-11(19)14(4,5)9-8-21-12(16-9)17-13(2,3)7-10(15)18/h8H,6-7H2,1-5H3,(H2,15,18)(H,16,17). The summed E-state index contributed by atoms with van der Waals surface area (Å²) in [6.07, 6.45) is 0.198. The van der Waals surface area contributed by atoms with Gasteiger partial charge in [-0.3, -0.25) is 9.59 Å². The van der Waals surface area contributed by atoms with E-state index in [0.717, 1.165) is 0 Å². The molecule has 0 aliphatic rings. The minimum absolute atomic E-state index is 0.198. The lowest BCUT2D eigenvalue weighted by Crippen LogP contribution is -2.36. The summed E-state index contributed by atoms with van der Waals surface area (Å²) < 4.78 is 5.07. The number of carbonyl (C=O) groups is 2. The predicted octanol–water partition coefficient (Wildman–Crippen LogP) is 2.05. The fourth-order valence-corrected chi connectivity index (χ4v) is 2.86. The van der Waals surface area contributed by atoms with Crippen LogP contribution in [0.3, 0.4) is 0 Å². The maximum atomic E-state index is 12.0. The average molecular weight is 313 g/mol. The van der Waals surface area contributed by atoms with Crippen molar-refractivity contribution < 1.29 is 14.3 Å². The van der Waals surface area contributed by atoms with Gasteiger partial charge in [0.15, 0.2) is 5.13 Å². The minimum atomic E-state index is -0.805. The van der Waals surface area contributed by atoms with Crippen molar-refractivity contribution in [2.45, 2.75) is 52.0 Å². The Labute approximate surface area is 129 Å². The molecule has 0 saturated carbocycles. The molecule has 21 heavy (non-hydrogen) atoms. The zero-order valence-electron chi connectivity index (χ0n) is 13.1. The van der Waals surface area contributed by atoms with Crippen LogP contribution < -0.4 is 11.1 Å². The maximum Gasteiger partial charge on any atom is 0.317 e. The van der Waals surface area contributed by atoms with Gasteiger partial charge in [0.05, 0.1) is 12.3 Å². The van der Waals surface area contributed by atoms with Gasteiger partial charge in [-0.25, -0.2) is 4.98 Å². The highest BCUT2D eigenvalue weighted by Crippen LogP contribution is 2.30. The summed E-state index contributed by atoms with van der Waals surface area (Å²) in [5.41, 5.74) is 4.57. The fourth-order valence-electron chi connectivity index (χ4n) is 1.80.